The molecule has 29 heavy (non-hydrogen) atoms. The van der Waals surface area contributed by atoms with Crippen LogP contribution in [-0.2, 0) is 19.2 Å². The van der Waals surface area contributed by atoms with Crippen LogP contribution in [0.25, 0.3) is 0 Å². The zero-order valence-electron chi connectivity index (χ0n) is 18.9. The van der Waals surface area contributed by atoms with Crippen molar-refractivity contribution in [2.24, 2.45) is 5.92 Å². The van der Waals surface area contributed by atoms with E-state index in [4.69, 9.17) is 0 Å². The number of carbonyl (C=O) groups is 4. The lowest BCUT2D eigenvalue weighted by molar-refractivity contribution is -0.146. The molecule has 0 aliphatic carbocycles. The van der Waals surface area contributed by atoms with Gasteiger partial charge in [-0.05, 0) is 46.6 Å². The monoisotopic (exact) mass is 411 g/mol. The maximum absolute atomic E-state index is 12.9. The van der Waals surface area contributed by atoms with E-state index in [0.717, 1.165) is 0 Å². The molecule has 9 heteroatoms. The maximum atomic E-state index is 12.9. The molecule has 0 aromatic rings. The van der Waals surface area contributed by atoms with Gasteiger partial charge in [0.25, 0.3) is 0 Å². The van der Waals surface area contributed by atoms with Gasteiger partial charge in [-0.3, -0.25) is 29.4 Å². The van der Waals surface area contributed by atoms with Crippen molar-refractivity contribution in [2.75, 3.05) is 21.1 Å². The van der Waals surface area contributed by atoms with E-state index >= 15 is 0 Å². The highest BCUT2D eigenvalue weighted by Crippen LogP contribution is 2.20. The summed E-state index contributed by atoms with van der Waals surface area (Å²) in [5, 5.41) is 8.52. The van der Waals surface area contributed by atoms with E-state index in [0.29, 0.717) is 12.8 Å². The molecule has 1 fully saturated rings. The first kappa shape index (κ1) is 25.0. The zero-order valence-corrected chi connectivity index (χ0v) is 18.9. The van der Waals surface area contributed by atoms with E-state index in [1.165, 1.54) is 9.80 Å². The molecule has 0 bridgehead atoms. The summed E-state index contributed by atoms with van der Waals surface area (Å²) in [4.78, 5) is 53.0. The predicted octanol–water partition coefficient (Wildman–Crippen LogP) is -0.292. The Morgan fingerprint density at radius 1 is 1.14 bits per heavy atom. The molecule has 1 aliphatic heterocycles. The number of hydrogen-bond donors (Lipinski definition) is 3. The standard InChI is InChI=1S/C20H37N5O4/c1-11(2)9-16(17(26)22-7)24(8)18(27)13(4)23-14(5)19(28)25-12(3)10-15(21-6)20(25)29/h11-16,21,23H,9-10H2,1-8H3,(H,22,26)/t12?,13-,14+,15-,16+/m0/s1. The van der Waals surface area contributed by atoms with Crippen LogP contribution in [0.5, 0.6) is 0 Å². The van der Waals surface area contributed by atoms with Crippen molar-refractivity contribution in [3.63, 3.8) is 0 Å². The van der Waals surface area contributed by atoms with Crippen molar-refractivity contribution in [2.45, 2.75) is 77.7 Å². The molecule has 4 amide bonds. The quantitative estimate of drug-likeness (QED) is 0.481. The molecule has 0 radical (unpaired) electrons. The Labute approximate surface area is 173 Å². The third-order valence-corrected chi connectivity index (χ3v) is 5.44. The first-order valence-corrected chi connectivity index (χ1v) is 10.2. The highest BCUT2D eigenvalue weighted by atomic mass is 16.2. The van der Waals surface area contributed by atoms with Gasteiger partial charge in [0, 0.05) is 20.1 Å². The first-order chi connectivity index (χ1) is 13.5. The van der Waals surface area contributed by atoms with Crippen molar-refractivity contribution in [3.8, 4) is 0 Å². The molecule has 1 unspecified atom stereocenters. The van der Waals surface area contributed by atoms with Gasteiger partial charge < -0.3 is 15.5 Å². The van der Waals surface area contributed by atoms with Crippen molar-refractivity contribution < 1.29 is 19.2 Å². The summed E-state index contributed by atoms with van der Waals surface area (Å²) >= 11 is 0. The Hall–Kier alpha value is -2.00. The van der Waals surface area contributed by atoms with Gasteiger partial charge in [0.05, 0.1) is 18.1 Å². The molecule has 5 atom stereocenters. The van der Waals surface area contributed by atoms with Crippen LogP contribution < -0.4 is 16.0 Å². The molecule has 0 aromatic heterocycles. The van der Waals surface area contributed by atoms with Gasteiger partial charge in [-0.2, -0.15) is 0 Å². The number of rotatable bonds is 9. The van der Waals surface area contributed by atoms with Gasteiger partial charge in [-0.1, -0.05) is 13.8 Å². The SMILES string of the molecule is CNC(=O)[C@@H](CC(C)C)N(C)C(=O)[C@H](C)N[C@H](C)C(=O)N1C(=O)[C@@H](NC)CC1C. The maximum Gasteiger partial charge on any atom is 0.246 e. The molecule has 3 N–H and O–H groups in total. The summed E-state index contributed by atoms with van der Waals surface area (Å²) in [5.41, 5.74) is 0. The molecule has 166 valence electrons. The van der Waals surface area contributed by atoms with E-state index in [-0.39, 0.29) is 41.6 Å². The Bertz CT molecular complexity index is 624. The average Bonchev–Trinajstić information content (AvgIpc) is 2.96. The van der Waals surface area contributed by atoms with Crippen molar-refractivity contribution in [1.82, 2.24) is 25.8 Å². The van der Waals surface area contributed by atoms with Gasteiger partial charge in [0.1, 0.15) is 6.04 Å². The molecular weight excluding hydrogens is 374 g/mol. The molecule has 0 aromatic carbocycles. The minimum Gasteiger partial charge on any atom is -0.357 e. The minimum absolute atomic E-state index is 0.200. The number of nitrogens with zero attached hydrogens (tertiary/aromatic N) is 2. The summed E-state index contributed by atoms with van der Waals surface area (Å²) < 4.78 is 0. The largest absolute Gasteiger partial charge is 0.357 e. The topological polar surface area (TPSA) is 111 Å². The van der Waals surface area contributed by atoms with Gasteiger partial charge in [0.15, 0.2) is 0 Å². The van der Waals surface area contributed by atoms with Crippen LogP contribution in [0, 0.1) is 5.92 Å². The molecule has 1 heterocycles. The molecule has 1 rings (SSSR count). The molecule has 0 spiro atoms. The third kappa shape index (κ3) is 5.99. The van der Waals surface area contributed by atoms with Gasteiger partial charge in [0.2, 0.25) is 23.6 Å². The lowest BCUT2D eigenvalue weighted by Gasteiger charge is -2.32. The number of imide groups is 1. The summed E-state index contributed by atoms with van der Waals surface area (Å²) in [6.45, 7) is 9.11. The summed E-state index contributed by atoms with van der Waals surface area (Å²) in [6, 6.07) is -2.55. The molecule has 9 nitrogen and oxygen atoms in total. The van der Waals surface area contributed by atoms with Crippen molar-refractivity contribution in [1.29, 1.82) is 0 Å². The number of likely N-dealkylation sites (N-methyl/N-ethyl adjacent to an activating group) is 3. The molecule has 1 saturated heterocycles. The second kappa shape index (κ2) is 10.7. The first-order valence-electron chi connectivity index (χ1n) is 10.2. The highest BCUT2D eigenvalue weighted by Gasteiger charge is 2.42. The number of hydrogen-bond acceptors (Lipinski definition) is 6. The average molecular weight is 412 g/mol. The Kier molecular flexibility index (Phi) is 9.22. The van der Waals surface area contributed by atoms with Crippen LogP contribution >= 0.6 is 0 Å². The summed E-state index contributed by atoms with van der Waals surface area (Å²) in [6.07, 6.45) is 1.10. The Morgan fingerprint density at radius 3 is 2.17 bits per heavy atom. The fourth-order valence-corrected chi connectivity index (χ4v) is 3.74. The lowest BCUT2D eigenvalue weighted by atomic mass is 10.0. The smallest absolute Gasteiger partial charge is 0.246 e. The second-order valence-corrected chi connectivity index (χ2v) is 8.29. The third-order valence-electron chi connectivity index (χ3n) is 5.44. The van der Waals surface area contributed by atoms with Crippen molar-refractivity contribution in [3.05, 3.63) is 0 Å². The van der Waals surface area contributed by atoms with E-state index < -0.39 is 18.1 Å². The van der Waals surface area contributed by atoms with Gasteiger partial charge in [-0.25, -0.2) is 0 Å². The summed E-state index contributed by atoms with van der Waals surface area (Å²) in [5.74, 6) is -0.869. The highest BCUT2D eigenvalue weighted by molar-refractivity contribution is 6.02. The normalized spacial score (nSPS) is 22.4. The molecular formula is C20H37N5O4. The van der Waals surface area contributed by atoms with Crippen LogP contribution in [0.2, 0.25) is 0 Å². The fraction of sp³-hybridized carbons (Fsp3) is 0.800. The van der Waals surface area contributed by atoms with E-state index in [9.17, 15) is 19.2 Å². The van der Waals surface area contributed by atoms with Crippen LogP contribution in [-0.4, -0.2) is 84.8 Å². The number of likely N-dealkylation sites (tertiary alicyclic amines) is 1. The number of amides is 4. The van der Waals surface area contributed by atoms with Gasteiger partial charge >= 0.3 is 0 Å². The van der Waals surface area contributed by atoms with Crippen LogP contribution in [0.15, 0.2) is 0 Å². The number of carbonyl (C=O) groups excluding carboxylic acids is 4. The predicted molar refractivity (Wildman–Crippen MR) is 111 cm³/mol. The second-order valence-electron chi connectivity index (χ2n) is 8.29. The van der Waals surface area contributed by atoms with Crippen LogP contribution in [0.4, 0.5) is 0 Å². The molecule has 0 saturated carbocycles. The van der Waals surface area contributed by atoms with Crippen molar-refractivity contribution >= 4 is 23.6 Å². The lowest BCUT2D eigenvalue weighted by Crippen LogP contribution is -2.56. The van der Waals surface area contributed by atoms with Crippen LogP contribution in [0.3, 0.4) is 0 Å². The fourth-order valence-electron chi connectivity index (χ4n) is 3.74. The zero-order chi connectivity index (χ0) is 22.5. The Balaban J connectivity index is 2.81. The van der Waals surface area contributed by atoms with E-state index in [1.54, 1.807) is 35.0 Å². The number of nitrogens with one attached hydrogen (secondary N) is 3. The van der Waals surface area contributed by atoms with E-state index in [1.807, 2.05) is 20.8 Å². The van der Waals surface area contributed by atoms with E-state index in [2.05, 4.69) is 16.0 Å². The minimum atomic E-state index is -0.715. The van der Waals surface area contributed by atoms with Gasteiger partial charge in [-0.15, -0.1) is 0 Å². The Morgan fingerprint density at radius 2 is 1.72 bits per heavy atom. The summed E-state index contributed by atoms with van der Waals surface area (Å²) in [7, 11) is 4.84. The molecule has 1 aliphatic rings. The van der Waals surface area contributed by atoms with Crippen LogP contribution in [0.1, 0.15) is 47.5 Å².